The molecule has 0 aliphatic carbocycles. The molecule has 1 amide bonds. The molecule has 2 aromatic carbocycles. The van der Waals surface area contributed by atoms with Crippen LogP contribution < -0.4 is 10.9 Å². The maximum Gasteiger partial charge on any atom is 0.419 e. The van der Waals surface area contributed by atoms with Crippen molar-refractivity contribution < 1.29 is 23.5 Å². The van der Waals surface area contributed by atoms with E-state index in [0.29, 0.717) is 35.6 Å². The Morgan fingerprint density at radius 3 is 2.27 bits per heavy atom. The molecule has 0 radical (unpaired) electrons. The van der Waals surface area contributed by atoms with Gasteiger partial charge in [-0.15, -0.1) is 0 Å². The smallest absolute Gasteiger partial charge is 0.419 e. The Morgan fingerprint density at radius 1 is 0.946 bits per heavy atom. The largest absolute Gasteiger partial charge is 0.443 e. The number of nitrogens with one attached hydrogen (secondary N) is 1. The molecule has 5 aromatic rings. The lowest BCUT2D eigenvalue weighted by atomic mass is 9.84. The van der Waals surface area contributed by atoms with Gasteiger partial charge in [0.25, 0.3) is 11.5 Å². The summed E-state index contributed by atoms with van der Waals surface area (Å²) in [5, 5.41) is 8.15. The van der Waals surface area contributed by atoms with Crippen LogP contribution in [0.2, 0.25) is 38.8 Å². The minimum atomic E-state index is -1.42. The van der Waals surface area contributed by atoms with E-state index in [2.05, 4.69) is 63.9 Å². The lowest BCUT2D eigenvalue weighted by molar-refractivity contribution is 0.0547. The number of anilines is 1. The monoisotopic (exact) mass is 797 g/mol. The van der Waals surface area contributed by atoms with Crippen LogP contribution in [0.5, 0.6) is 0 Å². The highest BCUT2D eigenvalue weighted by Gasteiger charge is 2.30. The summed E-state index contributed by atoms with van der Waals surface area (Å²) in [6, 6.07) is 18.4. The predicted octanol–water partition coefficient (Wildman–Crippen LogP) is 9.46. The Balaban J connectivity index is 1.60. The van der Waals surface area contributed by atoms with Crippen molar-refractivity contribution in [2.75, 3.05) is 11.9 Å². The van der Waals surface area contributed by atoms with Gasteiger partial charge in [0.05, 0.1) is 46.9 Å². The Hall–Kier alpha value is -4.57. The molecule has 56 heavy (non-hydrogen) atoms. The van der Waals surface area contributed by atoms with Crippen molar-refractivity contribution in [2.24, 2.45) is 5.41 Å². The number of carbonyl (C=O) groups is 2. The Kier molecular flexibility index (Phi) is 12.8. The Labute approximate surface area is 333 Å². The molecule has 0 saturated carbocycles. The number of aromatic nitrogens is 4. The van der Waals surface area contributed by atoms with E-state index in [-0.39, 0.29) is 29.4 Å². The summed E-state index contributed by atoms with van der Waals surface area (Å²) in [5.74, 6) is -0.393. The molecule has 1 atom stereocenters. The topological polar surface area (TPSA) is 119 Å². The number of ether oxygens (including phenoxy) is 2. The molecule has 0 spiro atoms. The summed E-state index contributed by atoms with van der Waals surface area (Å²) in [6.45, 7) is 26.0. The van der Waals surface area contributed by atoms with Crippen LogP contribution in [0, 0.1) is 12.3 Å². The van der Waals surface area contributed by atoms with Gasteiger partial charge in [-0.25, -0.2) is 9.36 Å². The molecule has 1 N–H and O–H groups in total. The number of hydrogen-bond acceptors (Lipinski definition) is 7. The first-order valence-corrected chi connectivity index (χ1v) is 25.8. The first kappa shape index (κ1) is 42.6. The number of rotatable bonds is 13. The van der Waals surface area contributed by atoms with Gasteiger partial charge in [-0.2, -0.15) is 5.10 Å². The van der Waals surface area contributed by atoms with Crippen molar-refractivity contribution in [2.45, 2.75) is 112 Å². The molecule has 0 bridgehead atoms. The van der Waals surface area contributed by atoms with Crippen LogP contribution >= 0.6 is 0 Å². The van der Waals surface area contributed by atoms with Crippen molar-refractivity contribution >= 4 is 45.7 Å². The van der Waals surface area contributed by atoms with Crippen molar-refractivity contribution in [3.8, 4) is 11.3 Å². The second-order valence-corrected chi connectivity index (χ2v) is 26.2. The number of pyridine rings is 1. The summed E-state index contributed by atoms with van der Waals surface area (Å²) < 4.78 is 23.1. The van der Waals surface area contributed by atoms with E-state index in [1.54, 1.807) is 43.9 Å². The van der Waals surface area contributed by atoms with E-state index < -0.39 is 34.7 Å². The van der Waals surface area contributed by atoms with E-state index >= 15 is 0 Å². The fourth-order valence-electron chi connectivity index (χ4n) is 6.33. The summed E-state index contributed by atoms with van der Waals surface area (Å²) in [6.07, 6.45) is 4.00. The fourth-order valence-corrected chi connectivity index (χ4v) is 8.20. The average molecular weight is 798 g/mol. The standard InChI is InChI=1S/C43H59N5O6Si2/c1-29-13-15-30(16-14-29)25-47-26-33(24-44-47)39(49)45-34-23-35(40(50)46(27-34)28-52-19-20-56(10,11)12)37-22-32-21-31(38(42(2,3)4)54-55(8)9)17-18-36(32)48(37)41(51)53-43(5,6)7/h13-18,21-24,26-27,38,55H,19-20,25,28H2,1-12H3,(H,45,49). The highest BCUT2D eigenvalue weighted by atomic mass is 28.3. The second-order valence-electron chi connectivity index (χ2n) is 18.2. The molecular formula is C43H59N5O6Si2. The number of carbonyl (C=O) groups excluding carboxylic acids is 2. The number of fused-ring (bicyclic) bond motifs is 1. The van der Waals surface area contributed by atoms with E-state index in [0.717, 1.165) is 22.6 Å². The van der Waals surface area contributed by atoms with E-state index in [1.165, 1.54) is 20.9 Å². The number of aryl methyl sites for hydroxylation is 1. The molecule has 0 aliphatic rings. The quantitative estimate of drug-likeness (QED) is 0.0932. The normalized spacial score (nSPS) is 13.0. The third-order valence-corrected chi connectivity index (χ3v) is 11.6. The van der Waals surface area contributed by atoms with Crippen LogP contribution in [0.15, 0.2) is 78.0 Å². The molecule has 0 fully saturated rings. The first-order chi connectivity index (χ1) is 26.1. The number of amides is 1. The molecule has 0 aliphatic heterocycles. The third kappa shape index (κ3) is 11.1. The fraction of sp³-hybridized carbons (Fsp3) is 0.442. The molecule has 300 valence electrons. The summed E-state index contributed by atoms with van der Waals surface area (Å²) in [7, 11) is -2.82. The second kappa shape index (κ2) is 16.9. The van der Waals surface area contributed by atoms with Crippen LogP contribution in [-0.2, 0) is 27.2 Å². The van der Waals surface area contributed by atoms with Gasteiger partial charge in [0, 0.05) is 32.5 Å². The summed E-state index contributed by atoms with van der Waals surface area (Å²) in [5.41, 5.74) is 3.68. The molecule has 1 unspecified atom stereocenters. The first-order valence-electron chi connectivity index (χ1n) is 19.3. The third-order valence-electron chi connectivity index (χ3n) is 9.11. The van der Waals surface area contributed by atoms with Crippen LogP contribution in [0.4, 0.5) is 10.5 Å². The van der Waals surface area contributed by atoms with Gasteiger partial charge in [-0.3, -0.25) is 18.8 Å². The van der Waals surface area contributed by atoms with Crippen LogP contribution in [-0.4, -0.2) is 60.2 Å². The highest BCUT2D eigenvalue weighted by molar-refractivity contribution is 6.76. The predicted molar refractivity (Wildman–Crippen MR) is 230 cm³/mol. The zero-order valence-corrected chi connectivity index (χ0v) is 37.3. The van der Waals surface area contributed by atoms with Crippen molar-refractivity contribution in [3.05, 3.63) is 106 Å². The molecule has 0 saturated heterocycles. The summed E-state index contributed by atoms with van der Waals surface area (Å²) >= 11 is 0. The van der Waals surface area contributed by atoms with Gasteiger partial charge in [-0.1, -0.05) is 76.3 Å². The number of benzene rings is 2. The molecule has 11 nitrogen and oxygen atoms in total. The van der Waals surface area contributed by atoms with E-state index in [4.69, 9.17) is 13.9 Å². The van der Waals surface area contributed by atoms with Crippen LogP contribution in [0.1, 0.15) is 74.7 Å². The van der Waals surface area contributed by atoms with E-state index in [9.17, 15) is 14.4 Å². The molecule has 5 rings (SSSR count). The zero-order chi connectivity index (χ0) is 41.2. The molecule has 13 heteroatoms. The highest BCUT2D eigenvalue weighted by Crippen LogP contribution is 2.39. The average Bonchev–Trinajstić information content (AvgIpc) is 3.70. The summed E-state index contributed by atoms with van der Waals surface area (Å²) in [4.78, 5) is 42.2. The van der Waals surface area contributed by atoms with Crippen LogP contribution in [0.3, 0.4) is 0 Å². The molecule has 3 aromatic heterocycles. The van der Waals surface area contributed by atoms with Crippen LogP contribution in [0.25, 0.3) is 22.2 Å². The zero-order valence-electron chi connectivity index (χ0n) is 35.1. The van der Waals surface area contributed by atoms with Gasteiger partial charge in [0.15, 0.2) is 9.04 Å². The van der Waals surface area contributed by atoms with Gasteiger partial charge in [0.2, 0.25) is 0 Å². The molecule has 3 heterocycles. The van der Waals surface area contributed by atoms with Crippen molar-refractivity contribution in [1.82, 2.24) is 18.9 Å². The lowest BCUT2D eigenvalue weighted by Crippen LogP contribution is -2.29. The molecular weight excluding hydrogens is 739 g/mol. The van der Waals surface area contributed by atoms with Gasteiger partial charge in [0.1, 0.15) is 12.3 Å². The maximum absolute atomic E-state index is 14.4. The Bertz CT molecular complexity index is 2230. The number of nitrogens with zero attached hydrogens (tertiary/aromatic N) is 4. The van der Waals surface area contributed by atoms with Crippen molar-refractivity contribution in [1.29, 1.82) is 0 Å². The Morgan fingerprint density at radius 2 is 1.64 bits per heavy atom. The van der Waals surface area contributed by atoms with E-state index in [1.807, 2.05) is 55.5 Å². The van der Waals surface area contributed by atoms with Gasteiger partial charge < -0.3 is 19.2 Å². The minimum Gasteiger partial charge on any atom is -0.443 e. The lowest BCUT2D eigenvalue weighted by Gasteiger charge is -2.33. The van der Waals surface area contributed by atoms with Crippen molar-refractivity contribution in [3.63, 3.8) is 0 Å². The number of hydrogen-bond donors (Lipinski definition) is 1. The maximum atomic E-state index is 14.4. The van der Waals surface area contributed by atoms with Gasteiger partial charge in [-0.05, 0) is 87.6 Å². The SMILES string of the molecule is Cc1ccc(Cn2cc(C(=O)Nc3cc(-c4cc5cc(C(O[SiH](C)C)C(C)(C)C)ccc5n4C(=O)OC(C)(C)C)c(=O)n(COCC[Si](C)(C)C)c3)cn2)cc1. The van der Waals surface area contributed by atoms with Gasteiger partial charge >= 0.3 is 6.09 Å². The minimum absolute atomic E-state index is 0.0327.